The molecule has 0 aliphatic heterocycles. The summed E-state index contributed by atoms with van der Waals surface area (Å²) >= 11 is 5.86. The maximum absolute atomic E-state index is 14.9. The van der Waals surface area contributed by atoms with Gasteiger partial charge in [0, 0.05) is 27.7 Å². The summed E-state index contributed by atoms with van der Waals surface area (Å²) in [4.78, 5) is 25.4. The van der Waals surface area contributed by atoms with Gasteiger partial charge in [-0.2, -0.15) is 0 Å². The molecule has 8 heteroatoms. The number of fused-ring (bicyclic) bond motifs is 1. The molecule has 0 aliphatic carbocycles. The molecule has 1 N–H and O–H groups in total. The zero-order valence-corrected chi connectivity index (χ0v) is 16.7. The van der Waals surface area contributed by atoms with E-state index in [0.29, 0.717) is 5.02 Å². The summed E-state index contributed by atoms with van der Waals surface area (Å²) in [7, 11) is 0. The van der Waals surface area contributed by atoms with Crippen LogP contribution >= 0.6 is 11.6 Å². The van der Waals surface area contributed by atoms with E-state index in [-0.39, 0.29) is 34.3 Å². The summed E-state index contributed by atoms with van der Waals surface area (Å²) in [5.41, 5.74) is 0.526. The minimum Gasteiger partial charge on any atom is -0.503 e. The van der Waals surface area contributed by atoms with Crippen LogP contribution in [0.4, 0.5) is 8.78 Å². The normalized spacial score (nSPS) is 12.2. The van der Waals surface area contributed by atoms with Crippen molar-refractivity contribution in [2.75, 3.05) is 6.61 Å². The number of benzene rings is 2. The molecule has 0 aliphatic rings. The Hall–Kier alpha value is -2.93. The van der Waals surface area contributed by atoms with Crippen molar-refractivity contribution in [2.24, 2.45) is 0 Å². The lowest BCUT2D eigenvalue weighted by Gasteiger charge is -2.12. The third-order valence-corrected chi connectivity index (χ3v) is 5.03. The van der Waals surface area contributed by atoms with Gasteiger partial charge in [0.2, 0.25) is 0 Å². The molecule has 0 unspecified atom stereocenters. The number of phenolic OH excluding ortho intramolecular Hbond substituents is 1. The number of halogens is 3. The molecule has 3 aromatic rings. The molecule has 0 saturated heterocycles. The Morgan fingerprint density at radius 1 is 1.24 bits per heavy atom. The van der Waals surface area contributed by atoms with Crippen LogP contribution in [-0.2, 0) is 9.53 Å². The van der Waals surface area contributed by atoms with Crippen molar-refractivity contribution in [3.05, 3.63) is 63.8 Å². The van der Waals surface area contributed by atoms with Crippen LogP contribution in [0.15, 0.2) is 30.3 Å². The number of hydrogen-bond donors (Lipinski definition) is 1. The largest absolute Gasteiger partial charge is 0.503 e. The molecular weight excluding hydrogens is 404 g/mol. The van der Waals surface area contributed by atoms with Crippen LogP contribution in [0.3, 0.4) is 0 Å². The molecule has 1 aromatic heterocycles. The van der Waals surface area contributed by atoms with E-state index in [1.165, 1.54) is 38.1 Å². The van der Waals surface area contributed by atoms with Crippen LogP contribution < -0.4 is 0 Å². The lowest BCUT2D eigenvalue weighted by molar-refractivity contribution is -0.144. The van der Waals surface area contributed by atoms with E-state index >= 15 is 0 Å². The first kappa shape index (κ1) is 20.8. The molecule has 0 amide bonds. The van der Waals surface area contributed by atoms with Crippen LogP contribution in [0, 0.1) is 18.6 Å². The van der Waals surface area contributed by atoms with E-state index in [9.17, 15) is 23.5 Å². The van der Waals surface area contributed by atoms with Crippen LogP contribution in [-0.4, -0.2) is 28.2 Å². The van der Waals surface area contributed by atoms with Gasteiger partial charge in [-0.1, -0.05) is 11.6 Å². The molecule has 0 radical (unpaired) electrons. The zero-order chi connectivity index (χ0) is 21.5. The first-order chi connectivity index (χ1) is 13.7. The highest BCUT2D eigenvalue weighted by molar-refractivity contribution is 6.30. The number of ether oxygens (including phenoxy) is 1. The SMILES string of the molecule is CCOC(=O)[C@H](C)c1c(C)n(C(=O)c2ccc(Cl)cc2)c2cc(F)c(O)c(F)c12. The van der Waals surface area contributed by atoms with Gasteiger partial charge in [0.25, 0.3) is 5.91 Å². The smallest absolute Gasteiger partial charge is 0.313 e. The fraction of sp³-hybridized carbons (Fsp3) is 0.238. The van der Waals surface area contributed by atoms with Gasteiger partial charge in [-0.15, -0.1) is 0 Å². The molecular formula is C21H18ClF2NO4. The third kappa shape index (κ3) is 3.46. The minimum absolute atomic E-state index is 0.0959. The van der Waals surface area contributed by atoms with Crippen molar-refractivity contribution in [3.8, 4) is 5.75 Å². The molecule has 0 spiro atoms. The number of aromatic hydroxyl groups is 1. The molecule has 152 valence electrons. The maximum Gasteiger partial charge on any atom is 0.313 e. The second-order valence-electron chi connectivity index (χ2n) is 6.54. The summed E-state index contributed by atoms with van der Waals surface area (Å²) in [6.07, 6.45) is 0. The van der Waals surface area contributed by atoms with Gasteiger partial charge in [-0.3, -0.25) is 14.2 Å². The van der Waals surface area contributed by atoms with E-state index in [0.717, 1.165) is 10.6 Å². The summed E-state index contributed by atoms with van der Waals surface area (Å²) < 4.78 is 35.1. The van der Waals surface area contributed by atoms with E-state index in [1.807, 2.05) is 0 Å². The molecule has 2 aromatic carbocycles. The van der Waals surface area contributed by atoms with E-state index in [4.69, 9.17) is 16.3 Å². The molecule has 3 rings (SSSR count). The first-order valence-corrected chi connectivity index (χ1v) is 9.25. The van der Waals surface area contributed by atoms with Crippen molar-refractivity contribution in [1.82, 2.24) is 4.57 Å². The average molecular weight is 422 g/mol. The summed E-state index contributed by atoms with van der Waals surface area (Å²) in [5.74, 6) is -5.76. The van der Waals surface area contributed by atoms with Gasteiger partial charge in [-0.05, 0) is 50.6 Å². The molecule has 0 bridgehead atoms. The van der Waals surface area contributed by atoms with E-state index < -0.39 is 35.2 Å². The number of nitrogens with zero attached hydrogens (tertiary/aromatic N) is 1. The van der Waals surface area contributed by atoms with Gasteiger partial charge in [0.1, 0.15) is 0 Å². The van der Waals surface area contributed by atoms with E-state index in [2.05, 4.69) is 0 Å². The average Bonchev–Trinajstić information content (AvgIpc) is 2.97. The van der Waals surface area contributed by atoms with Crippen molar-refractivity contribution in [3.63, 3.8) is 0 Å². The number of carbonyl (C=O) groups is 2. The Morgan fingerprint density at radius 2 is 1.86 bits per heavy atom. The highest BCUT2D eigenvalue weighted by Crippen LogP contribution is 2.38. The van der Waals surface area contributed by atoms with E-state index in [1.54, 1.807) is 6.92 Å². The summed E-state index contributed by atoms with van der Waals surface area (Å²) in [5, 5.41) is 9.98. The third-order valence-electron chi connectivity index (χ3n) is 4.78. The second-order valence-corrected chi connectivity index (χ2v) is 6.97. The number of esters is 1. The zero-order valence-electron chi connectivity index (χ0n) is 15.9. The lowest BCUT2D eigenvalue weighted by atomic mass is 9.97. The number of phenols is 1. The van der Waals surface area contributed by atoms with Crippen LogP contribution in [0.5, 0.6) is 5.75 Å². The number of aromatic nitrogens is 1. The standard InChI is InChI=1S/C21H18ClF2NO4/c1-4-29-21(28)10(2)16-11(3)25(20(27)12-5-7-13(22)8-6-12)15-9-14(23)19(26)18(24)17(15)16/h5-10,26H,4H2,1-3H3/t10-/m1/s1. The Bertz CT molecular complexity index is 1120. The van der Waals surface area contributed by atoms with Crippen molar-refractivity contribution in [2.45, 2.75) is 26.7 Å². The molecule has 29 heavy (non-hydrogen) atoms. The summed E-state index contributed by atoms with van der Waals surface area (Å²) in [6, 6.07) is 6.88. The monoisotopic (exact) mass is 421 g/mol. The topological polar surface area (TPSA) is 68.5 Å². The van der Waals surface area contributed by atoms with Crippen LogP contribution in [0.25, 0.3) is 10.9 Å². The highest BCUT2D eigenvalue weighted by atomic mass is 35.5. The Morgan fingerprint density at radius 3 is 2.45 bits per heavy atom. The molecule has 1 heterocycles. The highest BCUT2D eigenvalue weighted by Gasteiger charge is 2.31. The summed E-state index contributed by atoms with van der Waals surface area (Å²) in [6.45, 7) is 4.77. The fourth-order valence-electron chi connectivity index (χ4n) is 3.41. The Kier molecular flexibility index (Phi) is 5.61. The predicted molar refractivity (Wildman–Crippen MR) is 104 cm³/mol. The molecule has 0 saturated carbocycles. The quantitative estimate of drug-likeness (QED) is 0.606. The molecule has 0 fully saturated rings. The Labute approximate surface area is 170 Å². The van der Waals surface area contributed by atoms with Crippen LogP contribution in [0.2, 0.25) is 5.02 Å². The number of rotatable bonds is 4. The van der Waals surface area contributed by atoms with Crippen molar-refractivity contribution in [1.29, 1.82) is 0 Å². The molecule has 1 atom stereocenters. The first-order valence-electron chi connectivity index (χ1n) is 8.87. The number of carbonyl (C=O) groups excluding carboxylic acids is 2. The second kappa shape index (κ2) is 7.83. The number of hydrogen-bond acceptors (Lipinski definition) is 4. The molecule has 5 nitrogen and oxygen atoms in total. The van der Waals surface area contributed by atoms with Gasteiger partial charge >= 0.3 is 5.97 Å². The maximum atomic E-state index is 14.9. The van der Waals surface area contributed by atoms with Gasteiger partial charge in [-0.25, -0.2) is 8.78 Å². The van der Waals surface area contributed by atoms with Gasteiger partial charge < -0.3 is 9.84 Å². The predicted octanol–water partition coefficient (Wildman–Crippen LogP) is 4.94. The van der Waals surface area contributed by atoms with Gasteiger partial charge in [0.05, 0.1) is 18.0 Å². The Balaban J connectivity index is 2.33. The fourth-order valence-corrected chi connectivity index (χ4v) is 3.54. The van der Waals surface area contributed by atoms with Crippen molar-refractivity contribution >= 4 is 34.4 Å². The minimum atomic E-state index is -1.24. The lowest BCUT2D eigenvalue weighted by Crippen LogP contribution is -2.16. The van der Waals surface area contributed by atoms with Gasteiger partial charge in [0.15, 0.2) is 17.4 Å². The van der Waals surface area contributed by atoms with Crippen molar-refractivity contribution < 1.29 is 28.2 Å². The van der Waals surface area contributed by atoms with Crippen LogP contribution in [0.1, 0.15) is 41.4 Å².